The molecule has 3 aliphatic carbocycles. The zero-order valence-electron chi connectivity index (χ0n) is 82.8. The maximum absolute atomic E-state index is 12.9. The van der Waals surface area contributed by atoms with Crippen molar-refractivity contribution in [1.82, 2.24) is 54.2 Å². The average Bonchev–Trinajstić information content (AvgIpc) is 1.58. The van der Waals surface area contributed by atoms with Crippen molar-refractivity contribution in [2.75, 3.05) is 16.0 Å². The number of alkyl carbamates (subject to hydrolysis) is 2. The van der Waals surface area contributed by atoms with E-state index in [1.165, 1.54) is 50.9 Å². The number of aromatic nitrogens is 9. The van der Waals surface area contributed by atoms with E-state index in [9.17, 15) is 9.59 Å². The van der Waals surface area contributed by atoms with E-state index in [1.807, 2.05) is 122 Å². The summed E-state index contributed by atoms with van der Waals surface area (Å²) < 4.78 is 22.7. The lowest BCUT2D eigenvalue weighted by Gasteiger charge is -2.43. The minimum atomic E-state index is -0.563. The van der Waals surface area contributed by atoms with Gasteiger partial charge in [-0.25, -0.2) is 39.5 Å². The molecule has 0 bridgehead atoms. The van der Waals surface area contributed by atoms with E-state index >= 15 is 0 Å². The highest BCUT2D eigenvalue weighted by molar-refractivity contribution is 6.17. The summed E-state index contributed by atoms with van der Waals surface area (Å²) in [6, 6.07) is 114. The number of aryl methyl sites for hydroxylation is 4. The second kappa shape index (κ2) is 39.9. The third kappa shape index (κ3) is 19.6. The zero-order chi connectivity index (χ0) is 99.2. The van der Waals surface area contributed by atoms with Crippen LogP contribution >= 0.6 is 12.4 Å². The van der Waals surface area contributed by atoms with Gasteiger partial charge in [0.2, 0.25) is 0 Å². The molecule has 3 fully saturated rings. The number of rotatable bonds is 15. The van der Waals surface area contributed by atoms with Gasteiger partial charge < -0.3 is 51.5 Å². The van der Waals surface area contributed by atoms with Crippen molar-refractivity contribution in [1.29, 1.82) is 0 Å². The Bertz CT molecular complexity index is 7800. The van der Waals surface area contributed by atoms with Gasteiger partial charge in [0.15, 0.2) is 17.5 Å². The molecule has 3 saturated carbocycles. The number of carbonyl (C=O) groups excluding carboxylic acids is 2. The highest BCUT2D eigenvalue weighted by Crippen LogP contribution is 2.52. The molecular weight excluding hydrogens is 1820 g/mol. The summed E-state index contributed by atoms with van der Waals surface area (Å²) in [6.45, 7) is 19.6. The molecule has 1 radical (unpaired) electrons. The second-order valence-corrected chi connectivity index (χ2v) is 40.2. The van der Waals surface area contributed by atoms with Crippen LogP contribution in [0.3, 0.4) is 0 Å². The van der Waals surface area contributed by atoms with Crippen LogP contribution in [0.5, 0.6) is 5.75 Å². The molecular formula is C122H114BClN15O6. The monoisotopic (exact) mass is 1930 g/mol. The van der Waals surface area contributed by atoms with Crippen LogP contribution in [-0.2, 0) is 26.1 Å². The lowest BCUT2D eigenvalue weighted by Crippen LogP contribution is -2.52. The molecule has 0 spiro atoms. The maximum atomic E-state index is 12.9. The summed E-state index contributed by atoms with van der Waals surface area (Å²) >= 11 is 0. The molecule has 23 heteroatoms. The van der Waals surface area contributed by atoms with E-state index < -0.39 is 22.3 Å². The summed E-state index contributed by atoms with van der Waals surface area (Å²) in [5.74, 6) is 5.56. The summed E-state index contributed by atoms with van der Waals surface area (Å²) in [5.41, 5.74) is 38.2. The number of para-hydroxylation sites is 3. The van der Waals surface area contributed by atoms with Crippen molar-refractivity contribution in [3.05, 3.63) is 385 Å². The van der Waals surface area contributed by atoms with Crippen LogP contribution in [0.4, 0.5) is 44.1 Å². The van der Waals surface area contributed by atoms with Gasteiger partial charge in [-0.05, 0) is 251 Å². The third-order valence-corrected chi connectivity index (χ3v) is 27.9. The topological polar surface area (TPSA) is 260 Å². The number of halogens is 1. The van der Waals surface area contributed by atoms with E-state index in [0.717, 1.165) is 221 Å². The fourth-order valence-corrected chi connectivity index (χ4v) is 19.9. The fourth-order valence-electron chi connectivity index (χ4n) is 19.9. The lowest BCUT2D eigenvalue weighted by atomic mass is 9.71. The van der Waals surface area contributed by atoms with Crippen LogP contribution in [0.25, 0.3) is 141 Å². The number of nitrogens with two attached hydrogens (primary N) is 1. The van der Waals surface area contributed by atoms with Gasteiger partial charge >= 0.3 is 19.9 Å². The third-order valence-electron chi connectivity index (χ3n) is 27.9. The molecule has 2 amide bonds. The Morgan fingerprint density at radius 2 is 0.614 bits per heavy atom. The minimum absolute atomic E-state index is 0. The first kappa shape index (κ1) is 96.2. The van der Waals surface area contributed by atoms with Gasteiger partial charge in [0.25, 0.3) is 0 Å². The Balaban J connectivity index is 0.000000126. The number of nitrogens with one attached hydrogen (secondary N) is 5. The van der Waals surface area contributed by atoms with Crippen molar-refractivity contribution in [2.24, 2.45) is 5.73 Å². The van der Waals surface area contributed by atoms with Gasteiger partial charge in [-0.3, -0.25) is 13.7 Å². The van der Waals surface area contributed by atoms with E-state index in [1.54, 1.807) is 18.3 Å². The van der Waals surface area contributed by atoms with Crippen LogP contribution in [0.15, 0.2) is 346 Å². The first-order valence-electron chi connectivity index (χ1n) is 49.4. The van der Waals surface area contributed by atoms with Crippen LogP contribution < -0.4 is 37.0 Å². The molecule has 145 heavy (non-hydrogen) atoms. The second-order valence-electron chi connectivity index (χ2n) is 40.2. The Hall–Kier alpha value is -16.3. The number of anilines is 6. The molecule has 0 atom stereocenters. The first-order valence-corrected chi connectivity index (χ1v) is 49.4. The molecule has 24 rings (SSSR count). The number of hydrogen-bond acceptors (Lipinski definition) is 16. The van der Waals surface area contributed by atoms with Gasteiger partial charge in [0.05, 0.1) is 85.1 Å². The molecule has 18 aromatic rings. The molecule has 9 heterocycles. The number of benzene rings is 12. The average molecular weight is 1930 g/mol. The molecule has 21 nitrogen and oxygen atoms in total. The van der Waals surface area contributed by atoms with Gasteiger partial charge in [0.1, 0.15) is 28.7 Å². The predicted octanol–water partition coefficient (Wildman–Crippen LogP) is 28.7. The van der Waals surface area contributed by atoms with Gasteiger partial charge in [-0.15, -0.1) is 12.4 Å². The number of imidazole rings is 3. The van der Waals surface area contributed by atoms with Crippen molar-refractivity contribution in [2.45, 2.75) is 155 Å². The summed E-state index contributed by atoms with van der Waals surface area (Å²) in [4.78, 5) is 56.0. The Kier molecular flexibility index (Phi) is 26.5. The Labute approximate surface area is 852 Å². The van der Waals surface area contributed by atoms with Gasteiger partial charge in [-0.1, -0.05) is 265 Å². The highest BCUT2D eigenvalue weighted by atomic mass is 35.5. The van der Waals surface area contributed by atoms with Gasteiger partial charge in [0, 0.05) is 74.2 Å². The quantitative estimate of drug-likeness (QED) is 0.0471. The number of pyridine rings is 3. The Morgan fingerprint density at radius 3 is 0.897 bits per heavy atom. The molecule has 6 aliphatic rings. The summed E-state index contributed by atoms with van der Waals surface area (Å²) in [5, 5.41) is 25.3. The van der Waals surface area contributed by atoms with Gasteiger partial charge in [-0.2, -0.15) is 0 Å². The normalized spacial score (nSPS) is 14.0. The SMILES string of the molecule is Cc1ccc(-c2ccc(-c3nc4n(c3-c3ccc(C5(N)CCC5)cc3)-c3cccnc3Nc3ccccc3-4)cc2)cc1.Cc1ccc(-c2ccc(-c3nc4n(c3-c3ccc(C5(NC(=O)OC(C)(C)C)CCC5)cc3)-c3cccnc3Nc3ccccc3-4)cc2)cc1.Cc1ccc(-c2nc3n(c2-c2ccc(C4(NC(=O)OC(C)(C)C)CCC4)cc2)-c2cccnc2Nc2ccccc2-3)cc1.Cc1ccc(O[B]O)cc1.Cl. The van der Waals surface area contributed by atoms with Crippen LogP contribution in [0.2, 0.25) is 0 Å². The van der Waals surface area contributed by atoms with E-state index in [2.05, 4.69) is 316 Å². The molecule has 723 valence electrons. The maximum Gasteiger partial charge on any atom is 0.569 e. The standard InChI is InChI=1S/C42H39N5O2.C37H31N5.C36H35N5O2.C7H8BO2.ClH/c1-27-12-14-28(15-13-27)29-16-18-30(19-17-29)36-37(31-20-22-32(23-21-31)42(24-8-25-42)46-40(48)49-41(2,3)4)47-35-11-7-26-43-38(35)44-34-10-6-5-9-33(34)39(47)45-36;1-24-9-11-25(12-10-24)26-13-15-27(16-14-26)33-34(28-17-19-29(20-18-28)37(38)21-5-22-37)42-32-8-4-23-39-35(32)40-31-7-3-2-6-30(31)36(42)41-33;1-23-12-14-24(15-13-23)30-31(25-16-18-26(19-17-25)36(20-8-21-36)40-34(42)43-35(2,3)4)41-29-11-7-22-37-32(29)38-28-10-6-5-9-27(28)33(41)39-30;1-6-2-4-7(5-3-6)10-8-9;/h5-7,9-23,26H,8,24-25H2,1-4H3,(H,43,44)(H,46,48);2-4,6-20,23H,5,21-22,38H2,1H3,(H,39,40);5-7,9-19,22H,8,20-21H2,1-4H3,(H,37,38)(H,40,42);2-5,9H,1H3;1H. The molecule has 6 aromatic heterocycles. The number of nitrogens with zero attached hydrogens (tertiary/aromatic N) is 9. The van der Waals surface area contributed by atoms with E-state index in [-0.39, 0.29) is 30.1 Å². The summed E-state index contributed by atoms with van der Waals surface area (Å²) in [7, 11) is 0.671. The Morgan fingerprint density at radius 1 is 0.345 bits per heavy atom. The van der Waals surface area contributed by atoms with Crippen molar-refractivity contribution in [3.63, 3.8) is 0 Å². The van der Waals surface area contributed by atoms with Crippen LogP contribution in [0.1, 0.15) is 138 Å². The number of carbonyl (C=O) groups is 2. The van der Waals surface area contributed by atoms with Crippen molar-refractivity contribution in [3.8, 4) is 147 Å². The van der Waals surface area contributed by atoms with Crippen molar-refractivity contribution >= 4 is 66.8 Å². The molecule has 8 N–H and O–H groups in total. The van der Waals surface area contributed by atoms with Crippen LogP contribution in [0, 0.1) is 27.7 Å². The molecule has 12 aromatic carbocycles. The number of hydrogen-bond donors (Lipinski definition) is 7. The lowest BCUT2D eigenvalue weighted by molar-refractivity contribution is 0.0365. The highest BCUT2D eigenvalue weighted by Gasteiger charge is 2.44. The molecule has 3 aliphatic heterocycles. The minimum Gasteiger partial charge on any atom is -0.537 e. The molecule has 0 unspecified atom stereocenters. The largest absolute Gasteiger partial charge is 0.569 e. The predicted molar refractivity (Wildman–Crippen MR) is 584 cm³/mol. The van der Waals surface area contributed by atoms with E-state index in [0.29, 0.717) is 13.4 Å². The molecule has 0 saturated heterocycles. The number of fused-ring (bicyclic) bond motifs is 15. The van der Waals surface area contributed by atoms with E-state index in [4.69, 9.17) is 54.8 Å². The fraction of sp³-hybridized carbons (Fsp3) is 0.197. The number of ether oxygens (including phenoxy) is 2. The van der Waals surface area contributed by atoms with Crippen molar-refractivity contribution < 1.29 is 28.7 Å². The number of amides is 2. The smallest absolute Gasteiger partial charge is 0.537 e. The zero-order valence-corrected chi connectivity index (χ0v) is 83.7. The summed E-state index contributed by atoms with van der Waals surface area (Å²) in [6.07, 6.45) is 13.5. The first-order chi connectivity index (χ1) is 69.8. The van der Waals surface area contributed by atoms with Crippen LogP contribution in [-0.4, -0.2) is 79.7 Å².